The normalized spacial score (nSPS) is 18.5. The molecule has 3 aromatic carbocycles. The van der Waals surface area contributed by atoms with Crippen molar-refractivity contribution in [2.75, 3.05) is 25.3 Å². The zero-order chi connectivity index (χ0) is 25.6. The Morgan fingerprint density at radius 1 is 1.03 bits per heavy atom. The fraction of sp³-hybridized carbons (Fsp3) is 0.276. The van der Waals surface area contributed by atoms with Crippen LogP contribution in [-0.4, -0.2) is 40.3 Å². The van der Waals surface area contributed by atoms with Gasteiger partial charge in [0.05, 0.1) is 36.5 Å². The van der Waals surface area contributed by atoms with Gasteiger partial charge >= 0.3 is 5.69 Å². The van der Waals surface area contributed by atoms with E-state index in [0.29, 0.717) is 36.4 Å². The van der Waals surface area contributed by atoms with Crippen LogP contribution in [0.25, 0.3) is 5.69 Å². The standard InChI is InChI=1S/C29H28ClN5O2/c1-20-7-9-22(10-8-20)26-29(16-15-21-5-3-4-6-25(21)29)19-34(31-26)27-32-35(24-13-11-23(30)12-14-24)28(36)33(27)17-18-37-2/h3-14H,15-19H2,1-2H3/t29-/m1/s1. The fourth-order valence-corrected chi connectivity index (χ4v) is 5.67. The third kappa shape index (κ3) is 3.99. The van der Waals surface area contributed by atoms with Gasteiger partial charge in [0.15, 0.2) is 0 Å². The molecule has 0 amide bonds. The second-order valence-electron chi connectivity index (χ2n) is 9.73. The number of hydrogen-bond acceptors (Lipinski definition) is 5. The molecule has 0 N–H and O–H groups in total. The summed E-state index contributed by atoms with van der Waals surface area (Å²) in [5, 5.41) is 12.5. The molecule has 1 aliphatic heterocycles. The van der Waals surface area contributed by atoms with Crippen LogP contribution >= 0.6 is 11.6 Å². The van der Waals surface area contributed by atoms with Gasteiger partial charge < -0.3 is 4.74 Å². The maximum atomic E-state index is 13.5. The second-order valence-corrected chi connectivity index (χ2v) is 10.2. The van der Waals surface area contributed by atoms with E-state index in [1.807, 2.05) is 5.01 Å². The topological polar surface area (TPSA) is 64.7 Å². The van der Waals surface area contributed by atoms with Crippen LogP contribution in [0.3, 0.4) is 0 Å². The van der Waals surface area contributed by atoms with Crippen LogP contribution in [0, 0.1) is 6.92 Å². The average Bonchev–Trinajstić information content (AvgIpc) is 3.58. The molecule has 1 aliphatic carbocycles. The monoisotopic (exact) mass is 513 g/mol. The molecule has 1 aromatic heterocycles. The number of rotatable bonds is 6. The predicted molar refractivity (Wildman–Crippen MR) is 146 cm³/mol. The van der Waals surface area contributed by atoms with Gasteiger partial charge in [0.2, 0.25) is 5.95 Å². The largest absolute Gasteiger partial charge is 0.383 e. The lowest BCUT2D eigenvalue weighted by Gasteiger charge is -2.27. The summed E-state index contributed by atoms with van der Waals surface area (Å²) < 4.78 is 8.38. The number of ether oxygens (including phenoxy) is 1. The van der Waals surface area contributed by atoms with Gasteiger partial charge in [0, 0.05) is 12.1 Å². The molecule has 1 atom stereocenters. The van der Waals surface area contributed by atoms with Crippen molar-refractivity contribution < 1.29 is 4.74 Å². The third-order valence-electron chi connectivity index (χ3n) is 7.44. The Hall–Kier alpha value is -3.68. The molecular formula is C29H28ClN5O2. The van der Waals surface area contributed by atoms with Crippen LogP contribution in [0.2, 0.25) is 5.02 Å². The van der Waals surface area contributed by atoms with E-state index in [9.17, 15) is 4.79 Å². The number of fused-ring (bicyclic) bond motifs is 2. The molecular weight excluding hydrogens is 486 g/mol. The minimum absolute atomic E-state index is 0.241. The van der Waals surface area contributed by atoms with E-state index in [1.54, 1.807) is 35.9 Å². The number of hydrogen-bond donors (Lipinski definition) is 0. The number of nitrogens with zero attached hydrogens (tertiary/aromatic N) is 5. The quantitative estimate of drug-likeness (QED) is 0.373. The number of aromatic nitrogens is 3. The molecule has 8 heteroatoms. The Bertz CT molecular complexity index is 1540. The minimum atomic E-state index is -0.280. The van der Waals surface area contributed by atoms with Gasteiger partial charge in [-0.2, -0.15) is 9.78 Å². The van der Waals surface area contributed by atoms with Crippen LogP contribution in [0.4, 0.5) is 5.95 Å². The molecule has 0 saturated carbocycles. The van der Waals surface area contributed by atoms with Crippen molar-refractivity contribution >= 4 is 23.3 Å². The van der Waals surface area contributed by atoms with Crippen molar-refractivity contribution in [3.63, 3.8) is 0 Å². The molecule has 0 unspecified atom stereocenters. The Labute approximate surface area is 220 Å². The smallest absolute Gasteiger partial charge is 0.352 e. The van der Waals surface area contributed by atoms with E-state index < -0.39 is 0 Å². The van der Waals surface area contributed by atoms with Gasteiger partial charge in [-0.05, 0) is 60.7 Å². The molecule has 0 fully saturated rings. The highest BCUT2D eigenvalue weighted by molar-refractivity contribution is 6.30. The lowest BCUT2D eigenvalue weighted by atomic mass is 9.75. The highest BCUT2D eigenvalue weighted by Gasteiger charge is 2.49. The summed E-state index contributed by atoms with van der Waals surface area (Å²) in [5.74, 6) is 0.503. The van der Waals surface area contributed by atoms with Crippen molar-refractivity contribution in [2.24, 2.45) is 5.10 Å². The average molecular weight is 514 g/mol. The fourth-order valence-electron chi connectivity index (χ4n) is 5.55. The first-order valence-corrected chi connectivity index (χ1v) is 12.8. The summed E-state index contributed by atoms with van der Waals surface area (Å²) in [6.07, 6.45) is 1.94. The number of halogens is 1. The number of benzene rings is 3. The van der Waals surface area contributed by atoms with E-state index in [1.165, 1.54) is 21.4 Å². The zero-order valence-electron chi connectivity index (χ0n) is 20.9. The molecule has 2 heterocycles. The van der Waals surface area contributed by atoms with Crippen molar-refractivity contribution in [3.05, 3.63) is 111 Å². The summed E-state index contributed by atoms with van der Waals surface area (Å²) in [5.41, 5.74) is 6.10. The minimum Gasteiger partial charge on any atom is -0.383 e. The molecule has 188 valence electrons. The lowest BCUT2D eigenvalue weighted by Crippen LogP contribution is -2.37. The zero-order valence-corrected chi connectivity index (χ0v) is 21.7. The summed E-state index contributed by atoms with van der Waals surface area (Å²) in [6, 6.07) is 24.3. The molecule has 2 aliphatic rings. The summed E-state index contributed by atoms with van der Waals surface area (Å²) in [4.78, 5) is 13.5. The van der Waals surface area contributed by atoms with Gasteiger partial charge in [-0.15, -0.1) is 5.10 Å². The summed E-state index contributed by atoms with van der Waals surface area (Å²) in [7, 11) is 1.63. The Balaban J connectivity index is 1.50. The summed E-state index contributed by atoms with van der Waals surface area (Å²) in [6.45, 7) is 3.45. The van der Waals surface area contributed by atoms with Crippen LogP contribution in [0.5, 0.6) is 0 Å². The first kappa shape index (κ1) is 23.7. The van der Waals surface area contributed by atoms with E-state index in [0.717, 1.165) is 24.1 Å². The molecule has 4 aromatic rings. The maximum absolute atomic E-state index is 13.5. The molecule has 0 radical (unpaired) electrons. The van der Waals surface area contributed by atoms with E-state index in [-0.39, 0.29) is 11.1 Å². The van der Waals surface area contributed by atoms with Crippen molar-refractivity contribution in [1.82, 2.24) is 14.3 Å². The van der Waals surface area contributed by atoms with E-state index in [2.05, 4.69) is 55.5 Å². The van der Waals surface area contributed by atoms with E-state index in [4.69, 9.17) is 26.5 Å². The molecule has 0 saturated heterocycles. The number of methoxy groups -OCH3 is 1. The van der Waals surface area contributed by atoms with Gasteiger partial charge in [-0.25, -0.2) is 9.80 Å². The van der Waals surface area contributed by atoms with Crippen LogP contribution in [-0.2, 0) is 23.1 Å². The van der Waals surface area contributed by atoms with Gasteiger partial charge in [-0.1, -0.05) is 65.7 Å². The number of aryl methyl sites for hydroxylation is 2. The first-order valence-electron chi connectivity index (χ1n) is 12.5. The molecule has 37 heavy (non-hydrogen) atoms. The second kappa shape index (κ2) is 9.32. The SMILES string of the molecule is COCCn1c(N2C[C@@]3(CCc4ccccc43)C(c3ccc(C)cc3)=N2)nn(-c2ccc(Cl)cc2)c1=O. The third-order valence-corrected chi connectivity index (χ3v) is 7.69. The molecule has 7 nitrogen and oxygen atoms in total. The first-order chi connectivity index (χ1) is 18.0. The van der Waals surface area contributed by atoms with Crippen LogP contribution < -0.4 is 10.7 Å². The molecule has 1 spiro atoms. The van der Waals surface area contributed by atoms with Crippen molar-refractivity contribution in [2.45, 2.75) is 31.7 Å². The van der Waals surface area contributed by atoms with Crippen LogP contribution in [0.15, 0.2) is 82.7 Å². The lowest BCUT2D eigenvalue weighted by molar-refractivity contribution is 0.186. The number of anilines is 1. The van der Waals surface area contributed by atoms with Crippen LogP contribution in [0.1, 0.15) is 28.7 Å². The summed E-state index contributed by atoms with van der Waals surface area (Å²) >= 11 is 6.09. The van der Waals surface area contributed by atoms with Gasteiger partial charge in [0.1, 0.15) is 0 Å². The number of hydrazone groups is 1. The highest BCUT2D eigenvalue weighted by Crippen LogP contribution is 2.46. The van der Waals surface area contributed by atoms with E-state index >= 15 is 0 Å². The maximum Gasteiger partial charge on any atom is 0.352 e. The molecule has 0 bridgehead atoms. The van der Waals surface area contributed by atoms with Gasteiger partial charge in [-0.3, -0.25) is 4.57 Å². The Morgan fingerprint density at radius 2 is 1.78 bits per heavy atom. The Kier molecular flexibility index (Phi) is 5.97. The molecule has 6 rings (SSSR count). The van der Waals surface area contributed by atoms with Gasteiger partial charge in [0.25, 0.3) is 0 Å². The highest BCUT2D eigenvalue weighted by atomic mass is 35.5. The Morgan fingerprint density at radius 3 is 2.54 bits per heavy atom. The predicted octanol–water partition coefficient (Wildman–Crippen LogP) is 4.75. The van der Waals surface area contributed by atoms with Crippen molar-refractivity contribution in [1.29, 1.82) is 0 Å². The van der Waals surface area contributed by atoms with Crippen molar-refractivity contribution in [3.8, 4) is 5.69 Å².